The Labute approximate surface area is 183 Å². The summed E-state index contributed by atoms with van der Waals surface area (Å²) in [6.45, 7) is 1.75. The SMILES string of the molecule is C[C@@H]1Cc2cc(C(=O)Nc3cccc([N+](=O)[O-])c3)ccc2N1S(=O)(=O)c1ccc(F)cc1. The number of rotatable bonds is 5. The normalized spacial score (nSPS) is 15.3. The number of hydrogen-bond donors (Lipinski definition) is 1. The van der Waals surface area contributed by atoms with Gasteiger partial charge < -0.3 is 5.32 Å². The Kier molecular flexibility index (Phi) is 5.39. The summed E-state index contributed by atoms with van der Waals surface area (Å²) >= 11 is 0. The van der Waals surface area contributed by atoms with Crippen LogP contribution in [-0.2, 0) is 16.4 Å². The van der Waals surface area contributed by atoms with Crippen LogP contribution >= 0.6 is 0 Å². The third-order valence-corrected chi connectivity index (χ3v) is 7.12. The van der Waals surface area contributed by atoms with E-state index in [-0.39, 0.29) is 16.3 Å². The summed E-state index contributed by atoms with van der Waals surface area (Å²) in [5, 5.41) is 13.5. The standard InChI is InChI=1S/C22H18FN3O5S/c1-14-11-16-12-15(22(27)24-18-3-2-4-19(13-18)26(28)29)5-10-21(16)25(14)32(30,31)20-8-6-17(23)7-9-20/h2-10,12-14H,11H2,1H3,(H,24,27)/t14-/m1/s1. The highest BCUT2D eigenvalue weighted by Crippen LogP contribution is 2.37. The molecular formula is C22H18FN3O5S. The van der Waals surface area contributed by atoms with Crippen molar-refractivity contribution in [2.45, 2.75) is 24.3 Å². The first-order chi connectivity index (χ1) is 15.2. The minimum absolute atomic E-state index is 0.0221. The van der Waals surface area contributed by atoms with Crippen LogP contribution in [0.25, 0.3) is 0 Å². The molecule has 0 aliphatic carbocycles. The van der Waals surface area contributed by atoms with Crippen LogP contribution < -0.4 is 9.62 Å². The molecule has 1 atom stereocenters. The van der Waals surface area contributed by atoms with Gasteiger partial charge in [-0.2, -0.15) is 0 Å². The van der Waals surface area contributed by atoms with Crippen molar-refractivity contribution >= 4 is 33.0 Å². The summed E-state index contributed by atoms with van der Waals surface area (Å²) in [6, 6.07) is 14.5. The number of nitrogens with zero attached hydrogens (tertiary/aromatic N) is 2. The van der Waals surface area contributed by atoms with Crippen LogP contribution in [0.1, 0.15) is 22.8 Å². The van der Waals surface area contributed by atoms with Crippen LogP contribution in [0.4, 0.5) is 21.5 Å². The van der Waals surface area contributed by atoms with E-state index in [1.54, 1.807) is 19.1 Å². The first-order valence-corrected chi connectivity index (χ1v) is 11.1. The topological polar surface area (TPSA) is 110 Å². The summed E-state index contributed by atoms with van der Waals surface area (Å²) in [7, 11) is -3.91. The largest absolute Gasteiger partial charge is 0.322 e. The van der Waals surface area contributed by atoms with Crippen LogP contribution in [0, 0.1) is 15.9 Å². The average molecular weight is 455 g/mol. The van der Waals surface area contributed by atoms with Crippen LogP contribution in [-0.4, -0.2) is 25.3 Å². The molecule has 4 rings (SSSR count). The van der Waals surface area contributed by atoms with E-state index in [9.17, 15) is 27.7 Å². The molecule has 0 spiro atoms. The molecular weight excluding hydrogens is 437 g/mol. The highest BCUT2D eigenvalue weighted by atomic mass is 32.2. The third-order valence-electron chi connectivity index (χ3n) is 5.18. The molecule has 0 fully saturated rings. The predicted octanol–water partition coefficient (Wildman–Crippen LogP) is 4.13. The van der Waals surface area contributed by atoms with Gasteiger partial charge in [-0.25, -0.2) is 12.8 Å². The fraction of sp³-hybridized carbons (Fsp3) is 0.136. The second-order valence-corrected chi connectivity index (χ2v) is 9.23. The predicted molar refractivity (Wildman–Crippen MR) is 117 cm³/mol. The molecule has 1 amide bonds. The number of anilines is 2. The number of non-ortho nitro benzene ring substituents is 1. The zero-order valence-electron chi connectivity index (χ0n) is 16.9. The lowest BCUT2D eigenvalue weighted by atomic mass is 10.1. The van der Waals surface area contributed by atoms with Crippen molar-refractivity contribution in [1.29, 1.82) is 0 Å². The van der Waals surface area contributed by atoms with Gasteiger partial charge in [-0.05, 0) is 67.4 Å². The second kappa shape index (κ2) is 8.04. The molecule has 1 aliphatic rings. The van der Waals surface area contributed by atoms with E-state index in [0.717, 1.165) is 12.1 Å². The molecule has 32 heavy (non-hydrogen) atoms. The zero-order chi connectivity index (χ0) is 23.0. The number of sulfonamides is 1. The monoisotopic (exact) mass is 455 g/mol. The van der Waals surface area contributed by atoms with Gasteiger partial charge in [0.25, 0.3) is 21.6 Å². The van der Waals surface area contributed by atoms with Crippen LogP contribution in [0.15, 0.2) is 71.6 Å². The molecule has 1 N–H and O–H groups in total. The molecule has 164 valence electrons. The number of amides is 1. The van der Waals surface area contributed by atoms with Gasteiger partial charge in [-0.1, -0.05) is 6.07 Å². The zero-order valence-corrected chi connectivity index (χ0v) is 17.7. The fourth-order valence-corrected chi connectivity index (χ4v) is 5.42. The maximum absolute atomic E-state index is 13.2. The summed E-state index contributed by atoms with van der Waals surface area (Å²) in [4.78, 5) is 23.0. The van der Waals surface area contributed by atoms with Crippen LogP contribution in [0.3, 0.4) is 0 Å². The highest BCUT2D eigenvalue weighted by Gasteiger charge is 2.36. The molecule has 0 aromatic heterocycles. The average Bonchev–Trinajstić information content (AvgIpc) is 3.09. The van der Waals surface area contributed by atoms with Crippen molar-refractivity contribution in [3.63, 3.8) is 0 Å². The Morgan fingerprint density at radius 3 is 2.53 bits per heavy atom. The van der Waals surface area contributed by atoms with Crippen LogP contribution in [0.2, 0.25) is 0 Å². The van der Waals surface area contributed by atoms with Crippen molar-refractivity contribution in [1.82, 2.24) is 0 Å². The molecule has 0 bridgehead atoms. The molecule has 1 heterocycles. The number of hydrogen-bond acceptors (Lipinski definition) is 5. The van der Waals surface area contributed by atoms with Gasteiger partial charge in [0.05, 0.1) is 15.5 Å². The van der Waals surface area contributed by atoms with Crippen molar-refractivity contribution in [2.24, 2.45) is 0 Å². The number of fused-ring (bicyclic) bond motifs is 1. The van der Waals surface area contributed by atoms with E-state index in [1.165, 1.54) is 46.8 Å². The van der Waals surface area contributed by atoms with Crippen molar-refractivity contribution < 1.29 is 22.5 Å². The Bertz CT molecular complexity index is 1330. The lowest BCUT2D eigenvalue weighted by Crippen LogP contribution is -2.35. The Morgan fingerprint density at radius 1 is 1.12 bits per heavy atom. The van der Waals surface area contributed by atoms with E-state index in [1.807, 2.05) is 0 Å². The summed E-state index contributed by atoms with van der Waals surface area (Å²) in [6.07, 6.45) is 0.397. The van der Waals surface area contributed by atoms with E-state index in [4.69, 9.17) is 0 Å². The Balaban J connectivity index is 1.61. The first kappa shape index (κ1) is 21.4. The highest BCUT2D eigenvalue weighted by molar-refractivity contribution is 7.92. The molecule has 0 saturated heterocycles. The Hall–Kier alpha value is -3.79. The van der Waals surface area contributed by atoms with Gasteiger partial charge in [0, 0.05) is 29.4 Å². The number of carbonyl (C=O) groups excluding carboxylic acids is 1. The smallest absolute Gasteiger partial charge is 0.271 e. The van der Waals surface area contributed by atoms with E-state index >= 15 is 0 Å². The lowest BCUT2D eigenvalue weighted by Gasteiger charge is -2.24. The fourth-order valence-electron chi connectivity index (χ4n) is 3.73. The van der Waals surface area contributed by atoms with Gasteiger partial charge in [0.15, 0.2) is 0 Å². The van der Waals surface area contributed by atoms with Gasteiger partial charge in [-0.15, -0.1) is 0 Å². The van der Waals surface area contributed by atoms with Gasteiger partial charge in [0.2, 0.25) is 0 Å². The maximum atomic E-state index is 13.2. The molecule has 3 aromatic carbocycles. The van der Waals surface area contributed by atoms with Gasteiger partial charge in [-0.3, -0.25) is 19.2 Å². The molecule has 10 heteroatoms. The van der Waals surface area contributed by atoms with Crippen molar-refractivity contribution in [2.75, 3.05) is 9.62 Å². The number of nitro groups is 1. The molecule has 3 aromatic rings. The number of carbonyl (C=O) groups is 1. The van der Waals surface area contributed by atoms with E-state index in [0.29, 0.717) is 23.2 Å². The van der Waals surface area contributed by atoms with E-state index < -0.39 is 32.7 Å². The molecule has 0 saturated carbocycles. The minimum atomic E-state index is -3.91. The summed E-state index contributed by atoms with van der Waals surface area (Å²) < 4.78 is 40.8. The summed E-state index contributed by atoms with van der Waals surface area (Å²) in [5.41, 5.74) is 1.55. The molecule has 8 nitrogen and oxygen atoms in total. The lowest BCUT2D eigenvalue weighted by molar-refractivity contribution is -0.384. The van der Waals surface area contributed by atoms with Crippen molar-refractivity contribution in [3.05, 3.63) is 93.8 Å². The van der Waals surface area contributed by atoms with Crippen LogP contribution in [0.5, 0.6) is 0 Å². The van der Waals surface area contributed by atoms with E-state index in [2.05, 4.69) is 5.32 Å². The quantitative estimate of drug-likeness (QED) is 0.460. The summed E-state index contributed by atoms with van der Waals surface area (Å²) in [5.74, 6) is -1.00. The number of halogens is 1. The third kappa shape index (κ3) is 3.92. The first-order valence-electron chi connectivity index (χ1n) is 9.65. The molecule has 0 unspecified atom stereocenters. The number of nitrogens with one attached hydrogen (secondary N) is 1. The van der Waals surface area contributed by atoms with Gasteiger partial charge >= 0.3 is 0 Å². The van der Waals surface area contributed by atoms with Crippen molar-refractivity contribution in [3.8, 4) is 0 Å². The Morgan fingerprint density at radius 2 is 1.84 bits per heavy atom. The molecule has 0 radical (unpaired) electrons. The number of nitro benzene ring substituents is 1. The van der Waals surface area contributed by atoms with Gasteiger partial charge in [0.1, 0.15) is 5.82 Å². The number of benzene rings is 3. The molecule has 1 aliphatic heterocycles. The second-order valence-electron chi connectivity index (χ2n) is 7.41. The maximum Gasteiger partial charge on any atom is 0.271 e. The minimum Gasteiger partial charge on any atom is -0.322 e.